The fourth-order valence-corrected chi connectivity index (χ4v) is 3.10. The number of carbonyl (C=O) groups is 2. The van der Waals surface area contributed by atoms with E-state index in [-0.39, 0.29) is 23.8 Å². The van der Waals surface area contributed by atoms with Crippen LogP contribution in [0.4, 0.5) is 11.5 Å². The van der Waals surface area contributed by atoms with Crippen LogP contribution in [0.15, 0.2) is 42.5 Å². The first-order valence-corrected chi connectivity index (χ1v) is 8.59. The maximum Gasteiger partial charge on any atom is 0.267 e. The van der Waals surface area contributed by atoms with Crippen molar-refractivity contribution >= 4 is 23.3 Å². The maximum absolute atomic E-state index is 12.7. The highest BCUT2D eigenvalue weighted by molar-refractivity contribution is 6.09. The number of nitrogens with two attached hydrogens (primary N) is 1. The molecule has 2 N–H and O–H groups in total. The number of nitrogens with zero attached hydrogens (tertiary/aromatic N) is 4. The third-order valence-electron chi connectivity index (χ3n) is 4.46. The van der Waals surface area contributed by atoms with E-state index in [0.29, 0.717) is 28.6 Å². The molecule has 0 fully saturated rings. The van der Waals surface area contributed by atoms with Gasteiger partial charge in [0.05, 0.1) is 19.2 Å². The van der Waals surface area contributed by atoms with E-state index in [1.54, 1.807) is 18.2 Å². The van der Waals surface area contributed by atoms with E-state index < -0.39 is 5.91 Å². The summed E-state index contributed by atoms with van der Waals surface area (Å²) in [5, 5.41) is 0. The molecular weight excluding hydrogens is 358 g/mol. The van der Waals surface area contributed by atoms with Crippen molar-refractivity contribution in [2.75, 3.05) is 12.0 Å². The van der Waals surface area contributed by atoms with Gasteiger partial charge in [0.1, 0.15) is 17.2 Å². The molecule has 4 rings (SSSR count). The topological polar surface area (TPSA) is 111 Å². The van der Waals surface area contributed by atoms with Gasteiger partial charge in [0.2, 0.25) is 11.8 Å². The van der Waals surface area contributed by atoms with Crippen molar-refractivity contribution in [2.24, 2.45) is 5.73 Å². The number of primary amides is 1. The Morgan fingerprint density at radius 2 is 1.86 bits per heavy atom. The molecule has 0 atom stereocenters. The lowest BCUT2D eigenvalue weighted by Crippen LogP contribution is -2.21. The maximum atomic E-state index is 12.7. The summed E-state index contributed by atoms with van der Waals surface area (Å²) < 4.78 is 5.14. The monoisotopic (exact) mass is 375 g/mol. The number of ether oxygens (including phenoxy) is 1. The number of fused-ring (bicyclic) bond motifs is 1. The summed E-state index contributed by atoms with van der Waals surface area (Å²) in [6, 6.07) is 12.6. The molecule has 28 heavy (non-hydrogen) atoms. The molecule has 0 radical (unpaired) electrons. The summed E-state index contributed by atoms with van der Waals surface area (Å²) in [4.78, 5) is 39.3. The third kappa shape index (κ3) is 2.94. The first-order chi connectivity index (χ1) is 13.5. The molecule has 0 aliphatic carbocycles. The SMILES string of the molecule is COc1cccc(-c2nc(C(N)=O)c3c(n2)N(c2ccc(C)cc2)C(=O)C3)n1. The summed E-state index contributed by atoms with van der Waals surface area (Å²) >= 11 is 0. The molecule has 0 saturated carbocycles. The van der Waals surface area contributed by atoms with E-state index in [0.717, 1.165) is 5.56 Å². The minimum atomic E-state index is -0.721. The van der Waals surface area contributed by atoms with Crippen molar-refractivity contribution < 1.29 is 14.3 Å². The number of carbonyl (C=O) groups excluding carboxylic acids is 2. The number of aryl methyl sites for hydroxylation is 1. The highest BCUT2D eigenvalue weighted by Gasteiger charge is 2.35. The van der Waals surface area contributed by atoms with E-state index in [9.17, 15) is 9.59 Å². The van der Waals surface area contributed by atoms with Crippen molar-refractivity contribution in [1.29, 1.82) is 0 Å². The quantitative estimate of drug-likeness (QED) is 0.748. The number of amides is 2. The van der Waals surface area contributed by atoms with Crippen LogP contribution in [-0.2, 0) is 11.2 Å². The number of benzene rings is 1. The minimum absolute atomic E-state index is 0.00724. The van der Waals surface area contributed by atoms with Gasteiger partial charge in [-0.05, 0) is 25.1 Å². The highest BCUT2D eigenvalue weighted by atomic mass is 16.5. The van der Waals surface area contributed by atoms with Crippen LogP contribution in [0.5, 0.6) is 5.88 Å². The van der Waals surface area contributed by atoms with Crippen molar-refractivity contribution in [2.45, 2.75) is 13.3 Å². The van der Waals surface area contributed by atoms with Crippen LogP contribution in [0.25, 0.3) is 11.5 Å². The molecule has 2 amide bonds. The number of methoxy groups -OCH3 is 1. The molecule has 1 aliphatic heterocycles. The fourth-order valence-electron chi connectivity index (χ4n) is 3.10. The Hall–Kier alpha value is -3.81. The molecule has 0 unspecified atom stereocenters. The average molecular weight is 375 g/mol. The van der Waals surface area contributed by atoms with E-state index in [2.05, 4.69) is 15.0 Å². The molecule has 0 spiro atoms. The molecule has 8 nitrogen and oxygen atoms in total. The smallest absolute Gasteiger partial charge is 0.267 e. The van der Waals surface area contributed by atoms with Crippen molar-refractivity contribution in [1.82, 2.24) is 15.0 Å². The number of hydrogen-bond donors (Lipinski definition) is 1. The van der Waals surface area contributed by atoms with Crippen LogP contribution in [0.3, 0.4) is 0 Å². The van der Waals surface area contributed by atoms with Gasteiger partial charge >= 0.3 is 0 Å². The Bertz CT molecular complexity index is 1100. The predicted molar refractivity (Wildman–Crippen MR) is 102 cm³/mol. The van der Waals surface area contributed by atoms with Crippen molar-refractivity contribution in [3.63, 3.8) is 0 Å². The normalized spacial score (nSPS) is 12.8. The number of pyridine rings is 1. The van der Waals surface area contributed by atoms with Crippen molar-refractivity contribution in [3.8, 4) is 17.4 Å². The zero-order valence-electron chi connectivity index (χ0n) is 15.3. The van der Waals surface area contributed by atoms with Crippen LogP contribution in [0.2, 0.25) is 0 Å². The minimum Gasteiger partial charge on any atom is -0.481 e. The Morgan fingerprint density at radius 1 is 1.11 bits per heavy atom. The zero-order valence-corrected chi connectivity index (χ0v) is 15.3. The molecular formula is C20H17N5O3. The van der Waals surface area contributed by atoms with Gasteiger partial charge in [-0.15, -0.1) is 0 Å². The number of rotatable bonds is 4. The summed E-state index contributed by atoms with van der Waals surface area (Å²) in [6.07, 6.45) is 0.00724. The predicted octanol–water partition coefficient (Wildman–Crippen LogP) is 2.18. The molecule has 0 bridgehead atoms. The Balaban J connectivity index is 1.91. The van der Waals surface area contributed by atoms with Crippen LogP contribution < -0.4 is 15.4 Å². The summed E-state index contributed by atoms with van der Waals surface area (Å²) in [5.74, 6) is -0.00279. The average Bonchev–Trinajstić information content (AvgIpc) is 3.03. The van der Waals surface area contributed by atoms with Gasteiger partial charge < -0.3 is 10.5 Å². The second-order valence-corrected chi connectivity index (χ2v) is 6.37. The van der Waals surface area contributed by atoms with Gasteiger partial charge in [-0.2, -0.15) is 0 Å². The highest BCUT2D eigenvalue weighted by Crippen LogP contribution is 2.36. The first kappa shape index (κ1) is 17.6. The lowest BCUT2D eigenvalue weighted by molar-refractivity contribution is -0.116. The van der Waals surface area contributed by atoms with Gasteiger partial charge in [0.25, 0.3) is 5.91 Å². The molecule has 0 saturated heterocycles. The molecule has 140 valence electrons. The number of aromatic nitrogens is 3. The van der Waals surface area contributed by atoms with Crippen LogP contribution >= 0.6 is 0 Å². The number of anilines is 2. The van der Waals surface area contributed by atoms with Gasteiger partial charge in [0.15, 0.2) is 5.82 Å². The van der Waals surface area contributed by atoms with Crippen molar-refractivity contribution in [3.05, 3.63) is 59.3 Å². The first-order valence-electron chi connectivity index (χ1n) is 8.59. The lowest BCUT2D eigenvalue weighted by atomic mass is 10.1. The Kier molecular flexibility index (Phi) is 4.23. The second kappa shape index (κ2) is 6.73. The Labute approximate surface area is 161 Å². The van der Waals surface area contributed by atoms with Gasteiger partial charge in [-0.3, -0.25) is 14.5 Å². The van der Waals surface area contributed by atoms with Gasteiger partial charge in [-0.25, -0.2) is 15.0 Å². The fraction of sp³-hybridized carbons (Fsp3) is 0.150. The summed E-state index contributed by atoms with van der Waals surface area (Å²) in [5.41, 5.74) is 8.11. The third-order valence-corrected chi connectivity index (χ3v) is 4.46. The van der Waals surface area contributed by atoms with E-state index in [1.165, 1.54) is 12.0 Å². The zero-order chi connectivity index (χ0) is 19.8. The van der Waals surface area contributed by atoms with E-state index in [1.807, 2.05) is 31.2 Å². The summed E-state index contributed by atoms with van der Waals surface area (Å²) in [6.45, 7) is 1.96. The lowest BCUT2D eigenvalue weighted by Gasteiger charge is -2.17. The Morgan fingerprint density at radius 3 is 2.54 bits per heavy atom. The largest absolute Gasteiger partial charge is 0.481 e. The number of hydrogen-bond acceptors (Lipinski definition) is 6. The van der Waals surface area contributed by atoms with E-state index in [4.69, 9.17) is 10.5 Å². The molecule has 1 aromatic carbocycles. The van der Waals surface area contributed by atoms with E-state index >= 15 is 0 Å². The molecule has 1 aliphatic rings. The molecule has 2 aromatic heterocycles. The van der Waals surface area contributed by atoms with Gasteiger partial charge in [0, 0.05) is 11.6 Å². The van der Waals surface area contributed by atoms with Gasteiger partial charge in [-0.1, -0.05) is 23.8 Å². The summed E-state index contributed by atoms with van der Waals surface area (Å²) in [7, 11) is 1.50. The molecule has 3 heterocycles. The van der Waals surface area contributed by atoms with Crippen LogP contribution in [-0.4, -0.2) is 33.9 Å². The molecule has 3 aromatic rings. The second-order valence-electron chi connectivity index (χ2n) is 6.37. The van der Waals surface area contributed by atoms with Crippen LogP contribution in [0.1, 0.15) is 21.6 Å². The van der Waals surface area contributed by atoms with Crippen LogP contribution in [0, 0.1) is 6.92 Å². The standard InChI is InChI=1S/C20H17N5O3/c1-11-6-8-12(9-7-11)25-16(26)10-13-17(18(21)27)23-19(24-20(13)25)14-4-3-5-15(22-14)28-2/h3-9H,10H2,1-2H3,(H2,21,27). The molecule has 8 heteroatoms.